The van der Waals surface area contributed by atoms with E-state index in [2.05, 4.69) is 10.3 Å². The highest BCUT2D eigenvalue weighted by Crippen LogP contribution is 2.24. The molecule has 0 fully saturated rings. The smallest absolute Gasteiger partial charge is 0.300 e. The summed E-state index contributed by atoms with van der Waals surface area (Å²) < 4.78 is 20.3. The molecule has 0 atom stereocenters. The number of nitriles is 1. The zero-order chi connectivity index (χ0) is 26.8. The van der Waals surface area contributed by atoms with Crippen molar-refractivity contribution < 1.29 is 23.8 Å². The number of carboxylic acids is 1. The Hall–Kier alpha value is -5.30. The van der Waals surface area contributed by atoms with Crippen LogP contribution in [0.25, 0.3) is 11.7 Å². The van der Waals surface area contributed by atoms with Crippen molar-refractivity contribution in [3.05, 3.63) is 112 Å². The molecule has 4 rings (SSSR count). The van der Waals surface area contributed by atoms with Gasteiger partial charge in [0, 0.05) is 19.7 Å². The number of hydrogen-bond acceptors (Lipinski definition) is 6. The highest BCUT2D eigenvalue weighted by Gasteiger charge is 2.17. The van der Waals surface area contributed by atoms with E-state index in [1.807, 2.05) is 36.4 Å². The molecule has 186 valence electrons. The lowest BCUT2D eigenvalue weighted by Gasteiger charge is -2.10. The van der Waals surface area contributed by atoms with Crippen LogP contribution in [0.4, 0.5) is 4.39 Å². The number of benzene rings is 2. The molecule has 2 heterocycles. The molecule has 0 aliphatic carbocycles. The third-order valence-corrected chi connectivity index (χ3v) is 4.71. The van der Waals surface area contributed by atoms with Crippen LogP contribution in [-0.4, -0.2) is 26.4 Å². The summed E-state index contributed by atoms with van der Waals surface area (Å²) in [6.45, 7) is 1.30. The summed E-state index contributed by atoms with van der Waals surface area (Å²) in [5.41, 5.74) is 0.264. The number of amides is 1. The Kier molecular flexibility index (Phi) is 8.83. The average molecular weight is 500 g/mol. The molecule has 4 aromatic rings. The van der Waals surface area contributed by atoms with Crippen molar-refractivity contribution in [1.82, 2.24) is 14.7 Å². The molecule has 37 heavy (non-hydrogen) atoms. The van der Waals surface area contributed by atoms with Crippen molar-refractivity contribution in [1.29, 1.82) is 5.26 Å². The number of hydrogen-bond donors (Lipinski definition) is 2. The Morgan fingerprint density at radius 2 is 1.76 bits per heavy atom. The van der Waals surface area contributed by atoms with E-state index in [1.54, 1.807) is 18.2 Å². The third-order valence-electron chi connectivity index (χ3n) is 4.71. The van der Waals surface area contributed by atoms with Gasteiger partial charge in [-0.3, -0.25) is 18.8 Å². The first kappa shape index (κ1) is 26.3. The lowest BCUT2D eigenvalue weighted by molar-refractivity contribution is -0.134. The second kappa shape index (κ2) is 12.4. The minimum absolute atomic E-state index is 0.0885. The quantitative estimate of drug-likeness (QED) is 0.303. The summed E-state index contributed by atoms with van der Waals surface area (Å²) in [6.07, 6.45) is 2.67. The molecular weight excluding hydrogens is 479 g/mol. The zero-order valence-corrected chi connectivity index (χ0v) is 19.6. The molecule has 10 heteroatoms. The Bertz CT molecular complexity index is 1540. The van der Waals surface area contributed by atoms with Crippen molar-refractivity contribution in [2.24, 2.45) is 0 Å². The maximum absolute atomic E-state index is 13.3. The predicted octanol–water partition coefficient (Wildman–Crippen LogP) is 3.94. The van der Waals surface area contributed by atoms with E-state index in [9.17, 15) is 19.2 Å². The molecule has 0 aliphatic heterocycles. The number of carboxylic acid groups (broad SMARTS) is 1. The predicted molar refractivity (Wildman–Crippen MR) is 133 cm³/mol. The van der Waals surface area contributed by atoms with Crippen LogP contribution in [0, 0.1) is 17.1 Å². The second-order valence-corrected chi connectivity index (χ2v) is 7.48. The fourth-order valence-electron chi connectivity index (χ4n) is 3.06. The van der Waals surface area contributed by atoms with Gasteiger partial charge in [-0.25, -0.2) is 4.39 Å². The highest BCUT2D eigenvalue weighted by molar-refractivity contribution is 6.01. The van der Waals surface area contributed by atoms with Crippen LogP contribution in [0.5, 0.6) is 11.6 Å². The van der Waals surface area contributed by atoms with E-state index in [-0.39, 0.29) is 29.3 Å². The van der Waals surface area contributed by atoms with Gasteiger partial charge in [-0.05, 0) is 48.0 Å². The minimum atomic E-state index is -0.833. The largest absolute Gasteiger partial charge is 0.481 e. The van der Waals surface area contributed by atoms with Gasteiger partial charge >= 0.3 is 0 Å². The molecule has 0 radical (unpaired) electrons. The fraction of sp³-hybridized carbons (Fsp3) is 0.0741. The van der Waals surface area contributed by atoms with Gasteiger partial charge in [-0.15, -0.1) is 0 Å². The van der Waals surface area contributed by atoms with Crippen LogP contribution in [-0.2, 0) is 16.1 Å². The molecule has 0 aliphatic rings. The monoisotopic (exact) mass is 500 g/mol. The summed E-state index contributed by atoms with van der Waals surface area (Å²) in [4.78, 5) is 39.1. The number of rotatable bonds is 6. The standard InChI is InChI=1S/C25H17FN4O3.C2H4O2/c26-19-9-11-20(12-10-19)33-24-21(25(32)30-13-5-4-8-22(30)29-24)14-18(15-27)23(31)28-16-17-6-2-1-3-7-17;1-2(3)4/h1-14H,16H2,(H,28,31);1H3,(H,3,4). The summed E-state index contributed by atoms with van der Waals surface area (Å²) in [5.74, 6) is -1.80. The van der Waals surface area contributed by atoms with Crippen LogP contribution in [0.15, 0.2) is 89.4 Å². The highest BCUT2D eigenvalue weighted by atomic mass is 19.1. The molecule has 0 saturated carbocycles. The van der Waals surface area contributed by atoms with Crippen molar-refractivity contribution in [2.75, 3.05) is 0 Å². The van der Waals surface area contributed by atoms with Gasteiger partial charge in [-0.1, -0.05) is 36.4 Å². The SMILES string of the molecule is CC(=O)O.N#CC(=Cc1c(Oc2ccc(F)cc2)nc2ccccn2c1=O)C(=O)NCc1ccccc1. The van der Waals surface area contributed by atoms with E-state index < -0.39 is 23.3 Å². The Balaban J connectivity index is 0.000000886. The molecule has 2 aromatic carbocycles. The van der Waals surface area contributed by atoms with Gasteiger partial charge < -0.3 is 15.2 Å². The van der Waals surface area contributed by atoms with Crippen LogP contribution >= 0.6 is 0 Å². The maximum atomic E-state index is 13.3. The number of carbonyl (C=O) groups excluding carboxylic acids is 1. The fourth-order valence-corrected chi connectivity index (χ4v) is 3.06. The summed E-state index contributed by atoms with van der Waals surface area (Å²) in [7, 11) is 0. The molecule has 0 spiro atoms. The van der Waals surface area contributed by atoms with E-state index in [1.165, 1.54) is 34.9 Å². The van der Waals surface area contributed by atoms with Crippen LogP contribution in [0.3, 0.4) is 0 Å². The number of ether oxygens (including phenoxy) is 1. The molecule has 0 bridgehead atoms. The van der Waals surface area contributed by atoms with Crippen molar-refractivity contribution >= 4 is 23.6 Å². The first-order chi connectivity index (χ1) is 17.8. The molecule has 2 aromatic heterocycles. The van der Waals surface area contributed by atoms with E-state index in [0.29, 0.717) is 5.65 Å². The number of nitrogens with zero attached hydrogens (tertiary/aromatic N) is 3. The van der Waals surface area contributed by atoms with Gasteiger partial charge in [0.05, 0.1) is 0 Å². The van der Waals surface area contributed by atoms with E-state index >= 15 is 0 Å². The lowest BCUT2D eigenvalue weighted by atomic mass is 10.1. The number of carbonyl (C=O) groups is 2. The topological polar surface area (TPSA) is 134 Å². The lowest BCUT2D eigenvalue weighted by Crippen LogP contribution is -2.25. The molecule has 2 N–H and O–H groups in total. The second-order valence-electron chi connectivity index (χ2n) is 7.48. The zero-order valence-electron chi connectivity index (χ0n) is 19.6. The first-order valence-corrected chi connectivity index (χ1v) is 10.9. The molecule has 0 unspecified atom stereocenters. The minimum Gasteiger partial charge on any atom is -0.481 e. The van der Waals surface area contributed by atoms with Crippen molar-refractivity contribution in [3.63, 3.8) is 0 Å². The first-order valence-electron chi connectivity index (χ1n) is 10.9. The van der Waals surface area contributed by atoms with E-state index in [4.69, 9.17) is 14.6 Å². The Morgan fingerprint density at radius 3 is 2.41 bits per heavy atom. The summed E-state index contributed by atoms with van der Waals surface area (Å²) >= 11 is 0. The van der Waals surface area contributed by atoms with Crippen molar-refractivity contribution in [3.8, 4) is 17.7 Å². The third kappa shape index (κ3) is 7.34. The average Bonchev–Trinajstić information content (AvgIpc) is 2.89. The number of aliphatic carboxylic acids is 1. The summed E-state index contributed by atoms with van der Waals surface area (Å²) in [6, 6.07) is 21.2. The number of pyridine rings is 1. The van der Waals surface area contributed by atoms with Crippen LogP contribution in [0.2, 0.25) is 0 Å². The molecule has 9 nitrogen and oxygen atoms in total. The number of nitrogens with one attached hydrogen (secondary N) is 1. The molecule has 1 amide bonds. The molecule has 0 saturated heterocycles. The maximum Gasteiger partial charge on any atom is 0.300 e. The van der Waals surface area contributed by atoms with Gasteiger partial charge in [0.2, 0.25) is 5.88 Å². The van der Waals surface area contributed by atoms with Crippen molar-refractivity contribution in [2.45, 2.75) is 13.5 Å². The van der Waals surface area contributed by atoms with Crippen LogP contribution in [0.1, 0.15) is 18.1 Å². The number of aromatic nitrogens is 2. The van der Waals surface area contributed by atoms with Crippen LogP contribution < -0.4 is 15.6 Å². The number of halogens is 1. The Labute approximate surface area is 210 Å². The normalized spacial score (nSPS) is 10.6. The van der Waals surface area contributed by atoms with Gasteiger partial charge in [0.25, 0.3) is 17.4 Å². The number of fused-ring (bicyclic) bond motifs is 1. The molecular formula is C27H21FN4O5. The Morgan fingerprint density at radius 1 is 1.11 bits per heavy atom. The van der Waals surface area contributed by atoms with E-state index in [0.717, 1.165) is 18.6 Å². The van der Waals surface area contributed by atoms with Gasteiger partial charge in [0.1, 0.15) is 34.4 Å². The van der Waals surface area contributed by atoms with Gasteiger partial charge in [-0.2, -0.15) is 10.2 Å². The summed E-state index contributed by atoms with van der Waals surface area (Å²) in [5, 5.41) is 19.7. The van der Waals surface area contributed by atoms with Gasteiger partial charge in [0.15, 0.2) is 0 Å².